The fraction of sp³-hybridized carbons (Fsp3) is 0.417. The third-order valence-corrected chi connectivity index (χ3v) is 5.72. The van der Waals surface area contributed by atoms with Crippen molar-refractivity contribution in [2.75, 3.05) is 13.1 Å². The highest BCUT2D eigenvalue weighted by Crippen LogP contribution is 2.19. The summed E-state index contributed by atoms with van der Waals surface area (Å²) in [6.07, 6.45) is 7.18. The quantitative estimate of drug-likeness (QED) is 0.631. The molecular weight excluding hydrogens is 346 g/mol. The first-order valence-corrected chi connectivity index (χ1v) is 10.6. The summed E-state index contributed by atoms with van der Waals surface area (Å²) < 4.78 is 2.26. The van der Waals surface area contributed by atoms with E-state index in [1.165, 1.54) is 18.4 Å². The number of hydrogen-bond acceptors (Lipinski definition) is 2. The highest BCUT2D eigenvalue weighted by molar-refractivity contribution is 5.78. The number of aryl methyl sites for hydroxylation is 3. The zero-order valence-corrected chi connectivity index (χ0v) is 16.5. The SMILES string of the molecule is O=C(CCn1c(CCc2ccccc2)nc2ccccc21)N1CCCCCC1. The molecule has 0 unspecified atom stereocenters. The molecule has 0 radical (unpaired) electrons. The molecule has 0 atom stereocenters. The van der Waals surface area contributed by atoms with Crippen LogP contribution in [-0.2, 0) is 24.2 Å². The van der Waals surface area contributed by atoms with Crippen LogP contribution in [0.3, 0.4) is 0 Å². The number of nitrogens with zero attached hydrogens (tertiary/aromatic N) is 3. The number of imidazole rings is 1. The molecule has 0 aliphatic carbocycles. The molecule has 0 spiro atoms. The fourth-order valence-corrected chi connectivity index (χ4v) is 4.15. The number of carbonyl (C=O) groups is 1. The van der Waals surface area contributed by atoms with Crippen molar-refractivity contribution in [1.29, 1.82) is 0 Å². The van der Waals surface area contributed by atoms with Crippen molar-refractivity contribution in [3.8, 4) is 0 Å². The number of aromatic nitrogens is 2. The highest BCUT2D eigenvalue weighted by Gasteiger charge is 2.17. The third kappa shape index (κ3) is 4.44. The first kappa shape index (κ1) is 18.7. The minimum atomic E-state index is 0.286. The number of benzene rings is 2. The van der Waals surface area contributed by atoms with Gasteiger partial charge in [-0.15, -0.1) is 0 Å². The van der Waals surface area contributed by atoms with E-state index < -0.39 is 0 Å². The van der Waals surface area contributed by atoms with Crippen LogP contribution in [0.25, 0.3) is 11.0 Å². The Labute approximate surface area is 167 Å². The topological polar surface area (TPSA) is 38.1 Å². The summed E-state index contributed by atoms with van der Waals surface area (Å²) in [5, 5.41) is 0. The van der Waals surface area contributed by atoms with Crippen LogP contribution in [0.15, 0.2) is 54.6 Å². The van der Waals surface area contributed by atoms with Gasteiger partial charge in [-0.1, -0.05) is 55.3 Å². The summed E-state index contributed by atoms with van der Waals surface area (Å²) >= 11 is 0. The van der Waals surface area contributed by atoms with E-state index in [1.807, 2.05) is 12.1 Å². The minimum Gasteiger partial charge on any atom is -0.343 e. The van der Waals surface area contributed by atoms with E-state index in [9.17, 15) is 4.79 Å². The zero-order valence-electron chi connectivity index (χ0n) is 16.5. The van der Waals surface area contributed by atoms with Crippen molar-refractivity contribution < 1.29 is 4.79 Å². The zero-order chi connectivity index (χ0) is 19.2. The Kier molecular flexibility index (Phi) is 6.05. The maximum absolute atomic E-state index is 12.8. The van der Waals surface area contributed by atoms with E-state index in [4.69, 9.17) is 4.98 Å². The molecule has 2 heterocycles. The lowest BCUT2D eigenvalue weighted by molar-refractivity contribution is -0.131. The molecule has 3 aromatic rings. The van der Waals surface area contributed by atoms with E-state index in [0.29, 0.717) is 13.0 Å². The Balaban J connectivity index is 1.49. The van der Waals surface area contributed by atoms with Crippen molar-refractivity contribution in [2.24, 2.45) is 0 Å². The molecule has 28 heavy (non-hydrogen) atoms. The van der Waals surface area contributed by atoms with Crippen molar-refractivity contribution in [3.05, 3.63) is 66.0 Å². The molecule has 1 saturated heterocycles. The Morgan fingerprint density at radius 3 is 2.36 bits per heavy atom. The van der Waals surface area contributed by atoms with E-state index >= 15 is 0 Å². The molecule has 1 aromatic heterocycles. The van der Waals surface area contributed by atoms with Crippen molar-refractivity contribution in [1.82, 2.24) is 14.5 Å². The van der Waals surface area contributed by atoms with Crippen LogP contribution < -0.4 is 0 Å². The summed E-state index contributed by atoms with van der Waals surface area (Å²) in [6.45, 7) is 2.55. The molecule has 4 rings (SSSR count). The average Bonchev–Trinajstić information content (AvgIpc) is 2.89. The van der Waals surface area contributed by atoms with Crippen molar-refractivity contribution >= 4 is 16.9 Å². The van der Waals surface area contributed by atoms with Gasteiger partial charge in [-0.3, -0.25) is 4.79 Å². The summed E-state index contributed by atoms with van der Waals surface area (Å²) in [4.78, 5) is 19.7. The molecule has 0 saturated carbocycles. The Hall–Kier alpha value is -2.62. The summed E-state index contributed by atoms with van der Waals surface area (Å²) in [5.74, 6) is 1.36. The summed E-state index contributed by atoms with van der Waals surface area (Å²) in [7, 11) is 0. The molecule has 1 fully saturated rings. The fourth-order valence-electron chi connectivity index (χ4n) is 4.15. The Morgan fingerprint density at radius 2 is 1.57 bits per heavy atom. The van der Waals surface area contributed by atoms with E-state index in [-0.39, 0.29) is 5.91 Å². The Bertz CT molecular complexity index is 908. The van der Waals surface area contributed by atoms with Crippen LogP contribution in [0.2, 0.25) is 0 Å². The highest BCUT2D eigenvalue weighted by atomic mass is 16.2. The lowest BCUT2D eigenvalue weighted by atomic mass is 10.1. The standard InChI is InChI=1S/C24H29N3O/c28-24(26-17-8-1-2-9-18-26)16-19-27-22-13-7-6-12-21(22)25-23(27)15-14-20-10-4-3-5-11-20/h3-7,10-13H,1-2,8-9,14-19H2. The van der Waals surface area contributed by atoms with Crippen LogP contribution in [0, 0.1) is 0 Å². The van der Waals surface area contributed by atoms with Crippen LogP contribution in [-0.4, -0.2) is 33.4 Å². The van der Waals surface area contributed by atoms with Crippen LogP contribution in [0.1, 0.15) is 43.5 Å². The van der Waals surface area contributed by atoms with Gasteiger partial charge < -0.3 is 9.47 Å². The van der Waals surface area contributed by atoms with Gasteiger partial charge in [0.2, 0.25) is 5.91 Å². The average molecular weight is 376 g/mol. The molecule has 4 heteroatoms. The molecule has 0 N–H and O–H groups in total. The molecule has 1 aliphatic heterocycles. The number of rotatable bonds is 6. The molecular formula is C24H29N3O. The van der Waals surface area contributed by atoms with Gasteiger partial charge in [-0.05, 0) is 37.0 Å². The summed E-state index contributed by atoms with van der Waals surface area (Å²) in [6, 6.07) is 18.8. The molecule has 146 valence electrons. The van der Waals surface area contributed by atoms with E-state index in [1.54, 1.807) is 0 Å². The predicted octanol–water partition coefficient (Wildman–Crippen LogP) is 4.61. The molecule has 0 bridgehead atoms. The molecule has 4 nitrogen and oxygen atoms in total. The van der Waals surface area contributed by atoms with Gasteiger partial charge >= 0.3 is 0 Å². The normalized spacial score (nSPS) is 14.9. The van der Waals surface area contributed by atoms with Gasteiger partial charge in [0.1, 0.15) is 5.82 Å². The Morgan fingerprint density at radius 1 is 0.857 bits per heavy atom. The molecule has 1 amide bonds. The lowest BCUT2D eigenvalue weighted by Crippen LogP contribution is -2.32. The number of carbonyl (C=O) groups excluding carboxylic acids is 1. The smallest absolute Gasteiger partial charge is 0.224 e. The minimum absolute atomic E-state index is 0.286. The van der Waals surface area contributed by atoms with Crippen LogP contribution >= 0.6 is 0 Å². The maximum Gasteiger partial charge on any atom is 0.224 e. The van der Waals surface area contributed by atoms with Gasteiger partial charge in [0, 0.05) is 32.5 Å². The van der Waals surface area contributed by atoms with E-state index in [2.05, 4.69) is 51.9 Å². The second-order valence-electron chi connectivity index (χ2n) is 7.70. The second kappa shape index (κ2) is 9.05. The predicted molar refractivity (Wildman–Crippen MR) is 113 cm³/mol. The van der Waals surface area contributed by atoms with Crippen molar-refractivity contribution in [3.63, 3.8) is 0 Å². The number of fused-ring (bicyclic) bond motifs is 1. The van der Waals surface area contributed by atoms with Crippen LogP contribution in [0.5, 0.6) is 0 Å². The van der Waals surface area contributed by atoms with Gasteiger partial charge in [0.25, 0.3) is 0 Å². The molecule has 1 aliphatic rings. The first-order chi connectivity index (χ1) is 13.8. The van der Waals surface area contributed by atoms with Gasteiger partial charge in [0.15, 0.2) is 0 Å². The molecule has 2 aromatic carbocycles. The van der Waals surface area contributed by atoms with Gasteiger partial charge in [0.05, 0.1) is 11.0 Å². The van der Waals surface area contributed by atoms with Gasteiger partial charge in [-0.2, -0.15) is 0 Å². The third-order valence-electron chi connectivity index (χ3n) is 5.72. The number of hydrogen-bond donors (Lipinski definition) is 0. The number of likely N-dealkylation sites (tertiary alicyclic amines) is 1. The number of para-hydroxylation sites is 2. The number of amides is 1. The van der Waals surface area contributed by atoms with Crippen molar-refractivity contribution in [2.45, 2.75) is 51.5 Å². The first-order valence-electron chi connectivity index (χ1n) is 10.6. The largest absolute Gasteiger partial charge is 0.343 e. The van der Waals surface area contributed by atoms with Gasteiger partial charge in [-0.25, -0.2) is 4.98 Å². The maximum atomic E-state index is 12.8. The monoisotopic (exact) mass is 375 g/mol. The lowest BCUT2D eigenvalue weighted by Gasteiger charge is -2.20. The summed E-state index contributed by atoms with van der Waals surface area (Å²) in [5.41, 5.74) is 3.48. The van der Waals surface area contributed by atoms with Crippen LogP contribution in [0.4, 0.5) is 0 Å². The van der Waals surface area contributed by atoms with E-state index in [0.717, 1.165) is 55.6 Å². The second-order valence-corrected chi connectivity index (χ2v) is 7.70.